The maximum atomic E-state index is 12.8. The molecule has 4 atom stereocenters. The van der Waals surface area contributed by atoms with E-state index in [2.05, 4.69) is 16.0 Å². The van der Waals surface area contributed by atoms with Crippen molar-refractivity contribution >= 4 is 41.5 Å². The topological polar surface area (TPSA) is 274 Å². The molecule has 0 aliphatic heterocycles. The fourth-order valence-electron chi connectivity index (χ4n) is 2.72. The fraction of sp³-hybridized carbons (Fsp3) is 0.632. The number of carboxylic acid groups (broad SMARTS) is 2. The van der Waals surface area contributed by atoms with Gasteiger partial charge in [-0.25, -0.2) is 4.79 Å². The van der Waals surface area contributed by atoms with Crippen LogP contribution in [0.4, 0.5) is 0 Å². The number of carboxylic acids is 2. The Kier molecular flexibility index (Phi) is 12.8. The van der Waals surface area contributed by atoms with E-state index < -0.39 is 84.4 Å². The van der Waals surface area contributed by atoms with Crippen molar-refractivity contribution in [3.05, 3.63) is 0 Å². The number of hydrogen-bond donors (Lipinski definition) is 8. The molecule has 0 spiro atoms. The van der Waals surface area contributed by atoms with Gasteiger partial charge in [0.2, 0.25) is 29.5 Å². The lowest BCUT2D eigenvalue weighted by molar-refractivity contribution is -0.143. The van der Waals surface area contributed by atoms with Gasteiger partial charge in [-0.3, -0.25) is 28.8 Å². The number of amides is 5. The second kappa shape index (κ2) is 14.4. The standard InChI is InChI=1S/C19H32N6O9/c1-8(2)15(18(32)24-11(19(33)34)4-6-14(28)29)25-17(31)10(3-5-12(21)26)23-16(30)9(20)7-13(22)27/h8-11,15H,3-7,20H2,1-2H3,(H2,21,26)(H2,22,27)(H,23,30)(H,24,32)(H,25,31)(H,28,29)(H,33,34). The number of hydrogen-bond acceptors (Lipinski definition) is 8. The summed E-state index contributed by atoms with van der Waals surface area (Å²) >= 11 is 0. The summed E-state index contributed by atoms with van der Waals surface area (Å²) in [5.41, 5.74) is 15.6. The molecule has 34 heavy (non-hydrogen) atoms. The van der Waals surface area contributed by atoms with Crippen LogP contribution < -0.4 is 33.2 Å². The summed E-state index contributed by atoms with van der Waals surface area (Å²) in [6, 6.07) is -5.52. The van der Waals surface area contributed by atoms with Crippen LogP contribution in [-0.2, 0) is 33.6 Å². The molecule has 11 N–H and O–H groups in total. The Labute approximate surface area is 195 Å². The third-order valence-electron chi connectivity index (χ3n) is 4.58. The van der Waals surface area contributed by atoms with E-state index in [0.29, 0.717) is 0 Å². The maximum absolute atomic E-state index is 12.8. The Morgan fingerprint density at radius 3 is 1.71 bits per heavy atom. The van der Waals surface area contributed by atoms with Gasteiger partial charge in [0.05, 0.1) is 12.5 Å². The molecule has 0 bridgehead atoms. The molecule has 0 aromatic carbocycles. The quantitative estimate of drug-likeness (QED) is 0.106. The predicted molar refractivity (Wildman–Crippen MR) is 115 cm³/mol. The second-order valence-electron chi connectivity index (χ2n) is 7.91. The summed E-state index contributed by atoms with van der Waals surface area (Å²) in [7, 11) is 0. The summed E-state index contributed by atoms with van der Waals surface area (Å²) < 4.78 is 0. The van der Waals surface area contributed by atoms with Crippen LogP contribution in [-0.4, -0.2) is 75.9 Å². The van der Waals surface area contributed by atoms with E-state index in [9.17, 15) is 38.7 Å². The predicted octanol–water partition coefficient (Wildman–Crippen LogP) is -3.49. The lowest BCUT2D eigenvalue weighted by Crippen LogP contribution is -2.58. The molecule has 0 rings (SSSR count). The molecule has 0 saturated heterocycles. The first-order valence-corrected chi connectivity index (χ1v) is 10.3. The van der Waals surface area contributed by atoms with Crippen LogP contribution in [0, 0.1) is 5.92 Å². The first-order chi connectivity index (χ1) is 15.6. The minimum absolute atomic E-state index is 0.251. The molecule has 0 aromatic heterocycles. The summed E-state index contributed by atoms with van der Waals surface area (Å²) in [6.07, 6.45) is -1.95. The fourth-order valence-corrected chi connectivity index (χ4v) is 2.72. The third-order valence-corrected chi connectivity index (χ3v) is 4.58. The summed E-state index contributed by atoms with van der Waals surface area (Å²) in [5, 5.41) is 24.8. The van der Waals surface area contributed by atoms with E-state index in [-0.39, 0.29) is 19.3 Å². The lowest BCUT2D eigenvalue weighted by Gasteiger charge is -2.27. The molecule has 4 unspecified atom stereocenters. The highest BCUT2D eigenvalue weighted by Crippen LogP contribution is 2.07. The molecule has 0 aliphatic carbocycles. The number of nitrogens with two attached hydrogens (primary N) is 3. The van der Waals surface area contributed by atoms with Gasteiger partial charge in [0.15, 0.2) is 0 Å². The van der Waals surface area contributed by atoms with Gasteiger partial charge in [-0.1, -0.05) is 13.8 Å². The summed E-state index contributed by atoms with van der Waals surface area (Å²) in [4.78, 5) is 81.8. The van der Waals surface area contributed by atoms with E-state index in [4.69, 9.17) is 22.3 Å². The molecule has 15 nitrogen and oxygen atoms in total. The summed E-state index contributed by atoms with van der Waals surface area (Å²) in [6.45, 7) is 3.11. The van der Waals surface area contributed by atoms with Crippen molar-refractivity contribution in [3.63, 3.8) is 0 Å². The first-order valence-electron chi connectivity index (χ1n) is 10.3. The van der Waals surface area contributed by atoms with E-state index in [1.54, 1.807) is 13.8 Å². The van der Waals surface area contributed by atoms with E-state index >= 15 is 0 Å². The van der Waals surface area contributed by atoms with Crippen LogP contribution in [0.1, 0.15) is 46.0 Å². The molecule has 0 aliphatic rings. The Morgan fingerprint density at radius 1 is 0.735 bits per heavy atom. The maximum Gasteiger partial charge on any atom is 0.326 e. The van der Waals surface area contributed by atoms with Crippen molar-refractivity contribution in [2.75, 3.05) is 0 Å². The van der Waals surface area contributed by atoms with Gasteiger partial charge in [-0.15, -0.1) is 0 Å². The minimum atomic E-state index is -1.51. The zero-order valence-electron chi connectivity index (χ0n) is 18.9. The van der Waals surface area contributed by atoms with Gasteiger partial charge in [0.1, 0.15) is 18.1 Å². The number of carbonyl (C=O) groups is 7. The number of nitrogens with one attached hydrogen (secondary N) is 3. The van der Waals surface area contributed by atoms with Gasteiger partial charge in [-0.05, 0) is 18.8 Å². The van der Waals surface area contributed by atoms with Crippen LogP contribution in [0.25, 0.3) is 0 Å². The number of aliphatic carboxylic acids is 2. The van der Waals surface area contributed by atoms with Gasteiger partial charge in [0.25, 0.3) is 0 Å². The summed E-state index contributed by atoms with van der Waals surface area (Å²) in [5.74, 6) is -7.59. The smallest absolute Gasteiger partial charge is 0.326 e. The monoisotopic (exact) mass is 488 g/mol. The van der Waals surface area contributed by atoms with Crippen LogP contribution >= 0.6 is 0 Å². The highest BCUT2D eigenvalue weighted by Gasteiger charge is 2.32. The van der Waals surface area contributed by atoms with Crippen molar-refractivity contribution < 1.29 is 43.8 Å². The Bertz CT molecular complexity index is 801. The third kappa shape index (κ3) is 11.8. The molecule has 0 fully saturated rings. The highest BCUT2D eigenvalue weighted by atomic mass is 16.4. The van der Waals surface area contributed by atoms with Crippen molar-refractivity contribution in [1.82, 2.24) is 16.0 Å². The van der Waals surface area contributed by atoms with Gasteiger partial charge in [0, 0.05) is 12.8 Å². The average molecular weight is 488 g/mol. The molecular formula is C19H32N6O9. The van der Waals surface area contributed by atoms with Crippen molar-refractivity contribution in [1.29, 1.82) is 0 Å². The molecule has 5 amide bonds. The van der Waals surface area contributed by atoms with E-state index in [0.717, 1.165) is 0 Å². The number of rotatable bonds is 16. The van der Waals surface area contributed by atoms with Gasteiger partial charge < -0.3 is 43.4 Å². The van der Waals surface area contributed by atoms with Crippen LogP contribution in [0.2, 0.25) is 0 Å². The lowest BCUT2D eigenvalue weighted by atomic mass is 10.0. The number of carbonyl (C=O) groups excluding carboxylic acids is 5. The molecule has 0 heterocycles. The molecule has 0 radical (unpaired) electrons. The Morgan fingerprint density at radius 2 is 1.26 bits per heavy atom. The second-order valence-corrected chi connectivity index (χ2v) is 7.91. The van der Waals surface area contributed by atoms with Gasteiger partial charge in [-0.2, -0.15) is 0 Å². The van der Waals surface area contributed by atoms with Crippen molar-refractivity contribution in [2.24, 2.45) is 23.1 Å². The Hall–Kier alpha value is -3.75. The molecule has 0 saturated carbocycles. The zero-order chi connectivity index (χ0) is 26.6. The molecule has 192 valence electrons. The SMILES string of the molecule is CC(C)C(NC(=O)C(CCC(N)=O)NC(=O)C(N)CC(N)=O)C(=O)NC(CCC(=O)O)C(=O)O. The highest BCUT2D eigenvalue weighted by molar-refractivity contribution is 5.95. The number of primary amides is 2. The average Bonchev–Trinajstić information content (AvgIpc) is 2.70. The largest absolute Gasteiger partial charge is 0.481 e. The van der Waals surface area contributed by atoms with Crippen LogP contribution in [0.3, 0.4) is 0 Å². The minimum Gasteiger partial charge on any atom is -0.481 e. The molecular weight excluding hydrogens is 456 g/mol. The molecule has 0 aromatic rings. The van der Waals surface area contributed by atoms with E-state index in [1.807, 2.05) is 0 Å². The zero-order valence-corrected chi connectivity index (χ0v) is 18.9. The van der Waals surface area contributed by atoms with Crippen LogP contribution in [0.15, 0.2) is 0 Å². The normalized spacial score (nSPS) is 14.2. The van der Waals surface area contributed by atoms with Gasteiger partial charge >= 0.3 is 11.9 Å². The van der Waals surface area contributed by atoms with Crippen LogP contribution in [0.5, 0.6) is 0 Å². The van der Waals surface area contributed by atoms with Crippen molar-refractivity contribution in [2.45, 2.75) is 70.1 Å². The van der Waals surface area contributed by atoms with E-state index in [1.165, 1.54) is 0 Å². The Balaban J connectivity index is 5.50. The van der Waals surface area contributed by atoms with Crippen molar-refractivity contribution in [3.8, 4) is 0 Å². The first kappa shape index (κ1) is 30.2. The molecule has 15 heteroatoms.